The first-order valence-corrected chi connectivity index (χ1v) is 9.85. The molecule has 5 aliphatic rings. The number of carbonyl (C=O) groups excluding carboxylic acids is 2. The number of hydrogen-bond acceptors (Lipinski definition) is 4. The lowest BCUT2D eigenvalue weighted by atomic mass is 9.55. The van der Waals surface area contributed by atoms with E-state index < -0.39 is 0 Å². The monoisotopic (exact) mass is 344 g/mol. The molecule has 4 fully saturated rings. The first-order valence-electron chi connectivity index (χ1n) is 9.85. The van der Waals surface area contributed by atoms with Crippen LogP contribution in [0.15, 0.2) is 11.3 Å². The molecule has 5 heteroatoms. The molecule has 7 atom stereocenters. The van der Waals surface area contributed by atoms with E-state index in [0.29, 0.717) is 23.8 Å². The second kappa shape index (κ2) is 4.87. The molecule has 0 bridgehead atoms. The van der Waals surface area contributed by atoms with Crippen molar-refractivity contribution in [3.8, 4) is 0 Å². The predicted octanol–water partition coefficient (Wildman–Crippen LogP) is 2.03. The number of hydrogen-bond donors (Lipinski definition) is 2. The number of nitrogens with zero attached hydrogens (tertiary/aromatic N) is 1. The summed E-state index contributed by atoms with van der Waals surface area (Å²) >= 11 is 0. The van der Waals surface area contributed by atoms with Crippen LogP contribution in [0.5, 0.6) is 0 Å². The molecule has 2 N–H and O–H groups in total. The molecule has 4 unspecified atom stereocenters. The van der Waals surface area contributed by atoms with E-state index in [-0.39, 0.29) is 40.5 Å². The van der Waals surface area contributed by atoms with Crippen LogP contribution in [-0.2, 0) is 9.59 Å². The average Bonchev–Trinajstić information content (AvgIpc) is 3.14. The minimum absolute atomic E-state index is 0.0322. The summed E-state index contributed by atoms with van der Waals surface area (Å²) in [5, 5.41) is 14.6. The van der Waals surface area contributed by atoms with Crippen LogP contribution in [0.4, 0.5) is 0 Å². The molecule has 2 saturated heterocycles. The zero-order valence-corrected chi connectivity index (χ0v) is 15.3. The summed E-state index contributed by atoms with van der Waals surface area (Å²) in [5.74, 6) is 2.09. The van der Waals surface area contributed by atoms with Crippen molar-refractivity contribution in [3.63, 3.8) is 0 Å². The number of fused-ring (bicyclic) bond motifs is 4. The zero-order valence-electron chi connectivity index (χ0n) is 15.3. The predicted molar refractivity (Wildman–Crippen MR) is 92.8 cm³/mol. The van der Waals surface area contributed by atoms with Crippen molar-refractivity contribution in [2.75, 3.05) is 6.54 Å². The van der Waals surface area contributed by atoms with Crippen LogP contribution >= 0.6 is 0 Å². The second-order valence-corrected chi connectivity index (χ2v) is 9.46. The summed E-state index contributed by atoms with van der Waals surface area (Å²) in [7, 11) is 0. The molecule has 0 aromatic rings. The van der Waals surface area contributed by atoms with Crippen molar-refractivity contribution in [3.05, 3.63) is 11.3 Å². The van der Waals surface area contributed by atoms with Gasteiger partial charge in [0.25, 0.3) is 5.91 Å². The van der Waals surface area contributed by atoms with Gasteiger partial charge in [0.05, 0.1) is 6.04 Å². The molecule has 0 spiro atoms. The molecule has 5 nitrogen and oxygen atoms in total. The summed E-state index contributed by atoms with van der Waals surface area (Å²) in [6, 6.07) is 0.317. The molecule has 0 radical (unpaired) electrons. The van der Waals surface area contributed by atoms with Crippen molar-refractivity contribution in [1.82, 2.24) is 10.2 Å². The SMILES string of the molecule is CC(=O)C1=C(O)[C@@H]2[C@H]3C4CNC5CCCC(C[C@@H]3C(C)(C)N2C1=O)C54. The third-order valence-electron chi connectivity index (χ3n) is 8.22. The Morgan fingerprint density at radius 1 is 1.28 bits per heavy atom. The van der Waals surface area contributed by atoms with Gasteiger partial charge < -0.3 is 15.3 Å². The molecule has 3 heterocycles. The summed E-state index contributed by atoms with van der Waals surface area (Å²) in [6.45, 7) is 6.66. The van der Waals surface area contributed by atoms with E-state index in [0.717, 1.165) is 18.9 Å². The minimum Gasteiger partial charge on any atom is -0.509 e. The van der Waals surface area contributed by atoms with Crippen molar-refractivity contribution < 1.29 is 14.7 Å². The first kappa shape index (κ1) is 15.9. The molecule has 0 aromatic carbocycles. The third-order valence-corrected chi connectivity index (χ3v) is 8.22. The Bertz CT molecular complexity index is 697. The smallest absolute Gasteiger partial charge is 0.262 e. The topological polar surface area (TPSA) is 69.6 Å². The van der Waals surface area contributed by atoms with Gasteiger partial charge in [0, 0.05) is 11.6 Å². The van der Waals surface area contributed by atoms with Gasteiger partial charge in [0.15, 0.2) is 5.78 Å². The van der Waals surface area contributed by atoms with E-state index in [4.69, 9.17) is 0 Å². The molecule has 136 valence electrons. The van der Waals surface area contributed by atoms with Crippen molar-refractivity contribution in [2.45, 2.75) is 64.1 Å². The minimum atomic E-state index is -0.307. The van der Waals surface area contributed by atoms with Crippen LogP contribution in [0.2, 0.25) is 0 Å². The number of amides is 1. The highest BCUT2D eigenvalue weighted by Crippen LogP contribution is 2.62. The normalized spacial score (nSPS) is 46.9. The Balaban J connectivity index is 1.62. The van der Waals surface area contributed by atoms with Crippen molar-refractivity contribution in [1.29, 1.82) is 0 Å². The number of rotatable bonds is 1. The fraction of sp³-hybridized carbons (Fsp3) is 0.800. The molecule has 2 aliphatic carbocycles. The maximum absolute atomic E-state index is 13.0. The van der Waals surface area contributed by atoms with Crippen LogP contribution in [0.3, 0.4) is 0 Å². The molecule has 0 aromatic heterocycles. The number of ketones is 1. The van der Waals surface area contributed by atoms with Gasteiger partial charge in [-0.25, -0.2) is 0 Å². The van der Waals surface area contributed by atoms with Crippen LogP contribution in [0.1, 0.15) is 46.5 Å². The third kappa shape index (κ3) is 1.78. The average molecular weight is 344 g/mol. The van der Waals surface area contributed by atoms with Gasteiger partial charge in [-0.3, -0.25) is 9.59 Å². The second-order valence-electron chi connectivity index (χ2n) is 9.46. The van der Waals surface area contributed by atoms with Gasteiger partial charge >= 0.3 is 0 Å². The summed E-state index contributed by atoms with van der Waals surface area (Å²) < 4.78 is 0. The summed E-state index contributed by atoms with van der Waals surface area (Å²) in [5.41, 5.74) is -0.275. The van der Waals surface area contributed by atoms with Gasteiger partial charge in [-0.2, -0.15) is 0 Å². The maximum Gasteiger partial charge on any atom is 0.262 e. The Kier molecular flexibility index (Phi) is 3.09. The largest absolute Gasteiger partial charge is 0.509 e. The first-order chi connectivity index (χ1) is 11.8. The molecular formula is C20H28N2O3. The Labute approximate surface area is 148 Å². The fourth-order valence-electron chi connectivity index (χ4n) is 7.40. The number of nitrogens with one attached hydrogen (secondary N) is 1. The van der Waals surface area contributed by atoms with Crippen molar-refractivity contribution >= 4 is 11.7 Å². The van der Waals surface area contributed by atoms with E-state index in [2.05, 4.69) is 19.2 Å². The number of aliphatic hydroxyl groups excluding tert-OH is 1. The molecule has 1 amide bonds. The molecule has 5 rings (SSSR count). The maximum atomic E-state index is 13.0. The van der Waals surface area contributed by atoms with Crippen molar-refractivity contribution in [2.24, 2.45) is 29.6 Å². The fourth-order valence-corrected chi connectivity index (χ4v) is 7.40. The zero-order chi connectivity index (χ0) is 17.7. The Hall–Kier alpha value is -1.36. The number of aliphatic hydroxyl groups is 1. The van der Waals surface area contributed by atoms with Gasteiger partial charge in [0.2, 0.25) is 0 Å². The van der Waals surface area contributed by atoms with Gasteiger partial charge in [0.1, 0.15) is 11.3 Å². The highest BCUT2D eigenvalue weighted by Gasteiger charge is 2.67. The van der Waals surface area contributed by atoms with Crippen LogP contribution in [-0.4, -0.2) is 45.9 Å². The van der Waals surface area contributed by atoms with E-state index >= 15 is 0 Å². The standard InChI is InChI=1S/C20H28N2O3/c1-9(23)14-18(24)17-16-11-8-21-13-6-4-5-10(15(11)13)7-12(16)20(2,3)22(17)19(14)25/h10-13,15-17,21,24H,4-8H2,1-3H3/t10?,11?,12-,13?,15?,16-,17-/m0/s1. The number of Topliss-reactive ketones (excluding diaryl/α,β-unsaturated/α-hetero) is 1. The van der Waals surface area contributed by atoms with Crippen LogP contribution in [0.25, 0.3) is 0 Å². The quantitative estimate of drug-likeness (QED) is 0.714. The molecular weight excluding hydrogens is 316 g/mol. The number of carbonyl (C=O) groups is 2. The lowest BCUT2D eigenvalue weighted by Gasteiger charge is -2.48. The van der Waals surface area contributed by atoms with Gasteiger partial charge in [-0.05, 0) is 69.7 Å². The van der Waals surface area contributed by atoms with E-state index in [1.54, 1.807) is 0 Å². The van der Waals surface area contributed by atoms with Gasteiger partial charge in [-0.15, -0.1) is 0 Å². The Morgan fingerprint density at radius 2 is 2.04 bits per heavy atom. The van der Waals surface area contributed by atoms with E-state index in [9.17, 15) is 14.7 Å². The molecule has 25 heavy (non-hydrogen) atoms. The lowest BCUT2D eigenvalue weighted by Crippen LogP contribution is -2.49. The highest BCUT2D eigenvalue weighted by molar-refractivity contribution is 6.21. The molecule has 3 aliphatic heterocycles. The molecule has 2 saturated carbocycles. The van der Waals surface area contributed by atoms with Crippen LogP contribution in [0, 0.1) is 29.6 Å². The van der Waals surface area contributed by atoms with E-state index in [1.807, 2.05) is 4.90 Å². The van der Waals surface area contributed by atoms with Crippen LogP contribution < -0.4 is 5.32 Å². The lowest BCUT2D eigenvalue weighted by molar-refractivity contribution is -0.132. The highest BCUT2D eigenvalue weighted by atomic mass is 16.3. The van der Waals surface area contributed by atoms with Gasteiger partial charge in [-0.1, -0.05) is 12.8 Å². The summed E-state index contributed by atoms with van der Waals surface area (Å²) in [4.78, 5) is 26.8. The van der Waals surface area contributed by atoms with E-state index in [1.165, 1.54) is 26.2 Å². The Morgan fingerprint density at radius 3 is 2.76 bits per heavy atom. The summed E-state index contributed by atoms with van der Waals surface area (Å²) in [6.07, 6.45) is 5.01.